The molecule has 0 aromatic heterocycles. The molecular formula is C23H34O4. The van der Waals surface area contributed by atoms with Crippen LogP contribution in [0, 0.1) is 28.6 Å². The summed E-state index contributed by atoms with van der Waals surface area (Å²) in [5.74, 6) is 1.77. The molecule has 4 rings (SSSR count). The highest BCUT2D eigenvalue weighted by atomic mass is 16.5. The van der Waals surface area contributed by atoms with Gasteiger partial charge in [-0.1, -0.05) is 25.5 Å². The summed E-state index contributed by atoms with van der Waals surface area (Å²) in [4.78, 5) is 22.9. The van der Waals surface area contributed by atoms with Crippen molar-refractivity contribution in [2.24, 2.45) is 28.6 Å². The fourth-order valence-corrected chi connectivity index (χ4v) is 7.31. The Labute approximate surface area is 163 Å². The first-order valence-electron chi connectivity index (χ1n) is 10.8. The molecule has 7 atom stereocenters. The van der Waals surface area contributed by atoms with Crippen molar-refractivity contribution in [2.45, 2.75) is 91.3 Å². The lowest BCUT2D eigenvalue weighted by atomic mass is 9.48. The first-order chi connectivity index (χ1) is 12.7. The van der Waals surface area contributed by atoms with E-state index in [-0.39, 0.29) is 35.0 Å². The zero-order valence-electron chi connectivity index (χ0n) is 17.3. The Morgan fingerprint density at radius 2 is 1.70 bits per heavy atom. The highest BCUT2D eigenvalue weighted by Gasteiger charge is 2.59. The minimum Gasteiger partial charge on any atom is -0.462 e. The van der Waals surface area contributed by atoms with Gasteiger partial charge < -0.3 is 9.47 Å². The van der Waals surface area contributed by atoms with Crippen molar-refractivity contribution in [3.63, 3.8) is 0 Å². The first-order valence-corrected chi connectivity index (χ1v) is 10.8. The van der Waals surface area contributed by atoms with E-state index in [0.717, 1.165) is 38.5 Å². The number of esters is 2. The normalized spacial score (nSPS) is 45.8. The van der Waals surface area contributed by atoms with E-state index in [9.17, 15) is 9.59 Å². The molecule has 0 radical (unpaired) electrons. The highest BCUT2D eigenvalue weighted by Crippen LogP contribution is 2.65. The summed E-state index contributed by atoms with van der Waals surface area (Å²) in [5.41, 5.74) is 1.92. The third kappa shape index (κ3) is 3.03. The molecule has 4 heteroatoms. The van der Waals surface area contributed by atoms with E-state index >= 15 is 0 Å². The fraction of sp³-hybridized carbons (Fsp3) is 0.826. The summed E-state index contributed by atoms with van der Waals surface area (Å²) in [7, 11) is 0. The van der Waals surface area contributed by atoms with Crippen LogP contribution in [0.3, 0.4) is 0 Å². The Kier molecular flexibility index (Phi) is 4.67. The predicted octanol–water partition coefficient (Wildman–Crippen LogP) is 4.81. The van der Waals surface area contributed by atoms with Crippen LogP contribution in [0.25, 0.3) is 0 Å². The van der Waals surface area contributed by atoms with Gasteiger partial charge in [0.2, 0.25) is 0 Å². The van der Waals surface area contributed by atoms with Gasteiger partial charge in [-0.15, -0.1) is 0 Å². The Morgan fingerprint density at radius 3 is 2.41 bits per heavy atom. The lowest BCUT2D eigenvalue weighted by Gasteiger charge is -2.57. The predicted molar refractivity (Wildman–Crippen MR) is 103 cm³/mol. The summed E-state index contributed by atoms with van der Waals surface area (Å²) >= 11 is 0. The van der Waals surface area contributed by atoms with Crippen LogP contribution in [0.4, 0.5) is 0 Å². The fourth-order valence-electron chi connectivity index (χ4n) is 7.31. The van der Waals surface area contributed by atoms with Crippen molar-refractivity contribution in [3.8, 4) is 0 Å². The second kappa shape index (κ2) is 6.63. The molecule has 0 aliphatic heterocycles. The monoisotopic (exact) mass is 374 g/mol. The summed E-state index contributed by atoms with van der Waals surface area (Å²) in [6.45, 7) is 7.88. The van der Waals surface area contributed by atoms with Crippen LogP contribution in [-0.2, 0) is 19.1 Å². The number of allylic oxidation sites excluding steroid dienone is 1. The van der Waals surface area contributed by atoms with Crippen molar-refractivity contribution in [3.05, 3.63) is 11.6 Å². The van der Waals surface area contributed by atoms with Gasteiger partial charge >= 0.3 is 11.9 Å². The molecule has 4 nitrogen and oxygen atoms in total. The van der Waals surface area contributed by atoms with Crippen LogP contribution < -0.4 is 0 Å². The Balaban J connectivity index is 1.55. The Morgan fingerprint density at radius 1 is 0.963 bits per heavy atom. The van der Waals surface area contributed by atoms with Crippen LogP contribution in [0.2, 0.25) is 0 Å². The summed E-state index contributed by atoms with van der Waals surface area (Å²) in [5, 5.41) is 0. The summed E-state index contributed by atoms with van der Waals surface area (Å²) in [6.07, 6.45) is 11.4. The third-order valence-electron chi connectivity index (χ3n) is 8.61. The molecule has 0 saturated heterocycles. The highest BCUT2D eigenvalue weighted by molar-refractivity contribution is 5.66. The van der Waals surface area contributed by atoms with E-state index in [1.165, 1.54) is 25.3 Å². The van der Waals surface area contributed by atoms with Gasteiger partial charge in [0.05, 0.1) is 0 Å². The van der Waals surface area contributed by atoms with E-state index in [2.05, 4.69) is 19.9 Å². The molecule has 4 aliphatic carbocycles. The smallest absolute Gasteiger partial charge is 0.302 e. The minimum absolute atomic E-state index is 0.0621. The quantitative estimate of drug-likeness (QED) is 0.514. The van der Waals surface area contributed by atoms with E-state index in [1.807, 2.05) is 0 Å². The van der Waals surface area contributed by atoms with Gasteiger partial charge in [0.15, 0.2) is 0 Å². The summed E-state index contributed by atoms with van der Waals surface area (Å²) < 4.78 is 11.3. The second-order valence-corrected chi connectivity index (χ2v) is 9.95. The van der Waals surface area contributed by atoms with Crippen molar-refractivity contribution in [1.29, 1.82) is 0 Å². The number of hydrogen-bond donors (Lipinski definition) is 0. The van der Waals surface area contributed by atoms with Crippen LogP contribution in [0.5, 0.6) is 0 Å². The molecule has 0 aromatic rings. The van der Waals surface area contributed by atoms with Crippen molar-refractivity contribution in [1.82, 2.24) is 0 Å². The molecule has 3 fully saturated rings. The average molecular weight is 375 g/mol. The molecule has 150 valence electrons. The van der Waals surface area contributed by atoms with Crippen LogP contribution >= 0.6 is 0 Å². The van der Waals surface area contributed by atoms with Gasteiger partial charge in [-0.05, 0) is 68.1 Å². The van der Waals surface area contributed by atoms with E-state index in [1.54, 1.807) is 6.92 Å². The summed E-state index contributed by atoms with van der Waals surface area (Å²) in [6, 6.07) is 0. The average Bonchev–Trinajstić information content (AvgIpc) is 2.91. The molecule has 4 aliphatic rings. The SMILES string of the molecule is CC(=O)O[C@@H]1CC[C@@]2(C)C(=CC[C@@H]3[C@@H]4CC[C@@H](OC(C)=O)[C@@]4(C)CC[C@@H]32)C1. The Hall–Kier alpha value is -1.32. The third-order valence-corrected chi connectivity index (χ3v) is 8.61. The van der Waals surface area contributed by atoms with Gasteiger partial charge in [-0.3, -0.25) is 9.59 Å². The number of carbonyl (C=O) groups is 2. The topological polar surface area (TPSA) is 52.6 Å². The number of fused-ring (bicyclic) bond motifs is 5. The number of rotatable bonds is 2. The second-order valence-electron chi connectivity index (χ2n) is 9.95. The molecule has 27 heavy (non-hydrogen) atoms. The number of carbonyl (C=O) groups excluding carboxylic acids is 2. The maximum Gasteiger partial charge on any atom is 0.302 e. The lowest BCUT2D eigenvalue weighted by Crippen LogP contribution is -2.51. The number of hydrogen-bond acceptors (Lipinski definition) is 4. The van der Waals surface area contributed by atoms with Gasteiger partial charge in [-0.25, -0.2) is 0 Å². The minimum atomic E-state index is -0.159. The first kappa shape index (κ1) is 19.0. The van der Waals surface area contributed by atoms with Crippen molar-refractivity contribution >= 4 is 11.9 Å². The van der Waals surface area contributed by atoms with E-state index in [0.29, 0.717) is 17.8 Å². The largest absolute Gasteiger partial charge is 0.462 e. The number of ether oxygens (including phenoxy) is 2. The molecule has 0 aromatic carbocycles. The van der Waals surface area contributed by atoms with E-state index in [4.69, 9.17) is 9.47 Å². The molecule has 0 amide bonds. The molecular weight excluding hydrogens is 340 g/mol. The van der Waals surface area contributed by atoms with Gasteiger partial charge in [0, 0.05) is 25.7 Å². The van der Waals surface area contributed by atoms with Crippen molar-refractivity contribution < 1.29 is 19.1 Å². The standard InChI is InChI=1S/C23H34O4/c1-14(24)26-17-9-11-22(3)16(13-17)5-6-18-19-7-8-21(27-15(2)25)23(19,4)12-10-20(18)22/h5,17-21H,6-13H2,1-4H3/t17-,18-,19+,20+,21-,22+,23+/m1/s1. The van der Waals surface area contributed by atoms with Gasteiger partial charge in [-0.2, -0.15) is 0 Å². The maximum absolute atomic E-state index is 11.6. The molecule has 0 spiro atoms. The van der Waals surface area contributed by atoms with Gasteiger partial charge in [0.25, 0.3) is 0 Å². The van der Waals surface area contributed by atoms with Crippen LogP contribution in [0.15, 0.2) is 11.6 Å². The van der Waals surface area contributed by atoms with Gasteiger partial charge in [0.1, 0.15) is 12.2 Å². The van der Waals surface area contributed by atoms with Crippen LogP contribution in [0.1, 0.15) is 79.1 Å². The zero-order chi connectivity index (χ0) is 19.4. The molecule has 0 heterocycles. The molecule has 3 saturated carbocycles. The molecule has 0 unspecified atom stereocenters. The Bertz CT molecular complexity index is 667. The maximum atomic E-state index is 11.6. The van der Waals surface area contributed by atoms with Crippen molar-refractivity contribution in [2.75, 3.05) is 0 Å². The van der Waals surface area contributed by atoms with E-state index < -0.39 is 0 Å². The lowest BCUT2D eigenvalue weighted by molar-refractivity contribution is -0.157. The molecule has 0 bridgehead atoms. The molecule has 0 N–H and O–H groups in total. The zero-order valence-corrected chi connectivity index (χ0v) is 17.3. The van der Waals surface area contributed by atoms with Crippen LogP contribution in [-0.4, -0.2) is 24.1 Å².